The summed E-state index contributed by atoms with van der Waals surface area (Å²) in [5, 5.41) is 0. The van der Waals surface area contributed by atoms with Gasteiger partial charge in [-0.05, 0) is 19.9 Å². The first kappa shape index (κ1) is 13.4. The Morgan fingerprint density at radius 2 is 2.06 bits per heavy atom. The SMILES string of the molecule is CCN(CC)C(=O)CN(C)c1ccnc(F)c1. The van der Waals surface area contributed by atoms with Crippen molar-refractivity contribution >= 4 is 11.6 Å². The van der Waals surface area contributed by atoms with Gasteiger partial charge in [-0.1, -0.05) is 0 Å². The van der Waals surface area contributed by atoms with E-state index in [1.807, 2.05) is 13.8 Å². The molecule has 5 heteroatoms. The summed E-state index contributed by atoms with van der Waals surface area (Å²) < 4.78 is 12.9. The van der Waals surface area contributed by atoms with Crippen molar-refractivity contribution in [2.75, 3.05) is 31.6 Å². The van der Waals surface area contributed by atoms with Gasteiger partial charge in [-0.2, -0.15) is 4.39 Å². The quantitative estimate of drug-likeness (QED) is 0.731. The lowest BCUT2D eigenvalue weighted by Crippen LogP contribution is -2.38. The Morgan fingerprint density at radius 3 is 2.59 bits per heavy atom. The summed E-state index contributed by atoms with van der Waals surface area (Å²) >= 11 is 0. The number of likely N-dealkylation sites (N-methyl/N-ethyl adjacent to an activating group) is 2. The van der Waals surface area contributed by atoms with Gasteiger partial charge in [0.2, 0.25) is 11.9 Å². The lowest BCUT2D eigenvalue weighted by Gasteiger charge is -2.24. The lowest BCUT2D eigenvalue weighted by molar-refractivity contribution is -0.129. The van der Waals surface area contributed by atoms with Crippen molar-refractivity contribution in [1.29, 1.82) is 0 Å². The predicted octanol–water partition coefficient (Wildman–Crippen LogP) is 1.53. The van der Waals surface area contributed by atoms with Crippen LogP contribution in [0.5, 0.6) is 0 Å². The number of amides is 1. The minimum absolute atomic E-state index is 0.0368. The largest absolute Gasteiger partial charge is 0.365 e. The highest BCUT2D eigenvalue weighted by Gasteiger charge is 2.13. The second-order valence-electron chi connectivity index (χ2n) is 3.76. The number of pyridine rings is 1. The molecule has 17 heavy (non-hydrogen) atoms. The van der Waals surface area contributed by atoms with Crippen LogP contribution in [0.2, 0.25) is 0 Å². The first-order chi connectivity index (χ1) is 8.08. The zero-order valence-electron chi connectivity index (χ0n) is 10.5. The fourth-order valence-corrected chi connectivity index (χ4v) is 1.60. The summed E-state index contributed by atoms with van der Waals surface area (Å²) in [6.45, 7) is 5.49. The molecule has 0 unspecified atom stereocenters. The average Bonchev–Trinajstić information content (AvgIpc) is 2.30. The van der Waals surface area contributed by atoms with Gasteiger partial charge in [0, 0.05) is 38.1 Å². The van der Waals surface area contributed by atoms with E-state index in [1.165, 1.54) is 12.3 Å². The van der Waals surface area contributed by atoms with Gasteiger partial charge < -0.3 is 9.80 Å². The maximum absolute atomic E-state index is 12.9. The molecule has 1 amide bonds. The van der Waals surface area contributed by atoms with Crippen LogP contribution in [0.4, 0.5) is 10.1 Å². The van der Waals surface area contributed by atoms with Crippen LogP contribution in [-0.2, 0) is 4.79 Å². The van der Waals surface area contributed by atoms with Gasteiger partial charge >= 0.3 is 0 Å². The maximum Gasteiger partial charge on any atom is 0.242 e. The second kappa shape index (κ2) is 6.18. The van der Waals surface area contributed by atoms with Crippen LogP contribution in [0.15, 0.2) is 18.3 Å². The van der Waals surface area contributed by atoms with E-state index >= 15 is 0 Å². The number of halogens is 1. The molecule has 1 heterocycles. The summed E-state index contributed by atoms with van der Waals surface area (Å²) in [7, 11) is 1.76. The Bertz CT molecular complexity index is 380. The summed E-state index contributed by atoms with van der Waals surface area (Å²) in [4.78, 5) is 18.8. The molecule has 1 aromatic heterocycles. The van der Waals surface area contributed by atoms with Gasteiger partial charge in [0.15, 0.2) is 0 Å². The van der Waals surface area contributed by atoms with Crippen molar-refractivity contribution in [2.45, 2.75) is 13.8 Å². The molecule has 0 aliphatic carbocycles. The Labute approximate surface area is 101 Å². The van der Waals surface area contributed by atoms with Gasteiger partial charge in [-0.25, -0.2) is 4.98 Å². The standard InChI is InChI=1S/C12H18FN3O/c1-4-16(5-2)12(17)9-15(3)10-6-7-14-11(13)8-10/h6-8H,4-5,9H2,1-3H3. The second-order valence-corrected chi connectivity index (χ2v) is 3.76. The van der Waals surface area contributed by atoms with Crippen molar-refractivity contribution in [3.8, 4) is 0 Å². The van der Waals surface area contributed by atoms with Gasteiger partial charge in [0.1, 0.15) is 0 Å². The van der Waals surface area contributed by atoms with Crippen molar-refractivity contribution in [2.24, 2.45) is 0 Å². The highest BCUT2D eigenvalue weighted by atomic mass is 19.1. The number of carbonyl (C=O) groups excluding carboxylic acids is 1. The van der Waals surface area contributed by atoms with Crippen LogP contribution in [0.1, 0.15) is 13.8 Å². The molecule has 0 fully saturated rings. The number of rotatable bonds is 5. The van der Waals surface area contributed by atoms with E-state index in [0.717, 1.165) is 0 Å². The van der Waals surface area contributed by atoms with E-state index < -0.39 is 5.95 Å². The van der Waals surface area contributed by atoms with Crippen LogP contribution < -0.4 is 4.90 Å². The van der Waals surface area contributed by atoms with E-state index in [2.05, 4.69) is 4.98 Å². The topological polar surface area (TPSA) is 36.4 Å². The summed E-state index contributed by atoms with van der Waals surface area (Å²) in [6.07, 6.45) is 1.39. The van der Waals surface area contributed by atoms with Crippen molar-refractivity contribution in [3.05, 3.63) is 24.3 Å². The average molecular weight is 239 g/mol. The number of carbonyl (C=O) groups is 1. The Hall–Kier alpha value is -1.65. The predicted molar refractivity (Wildman–Crippen MR) is 65.4 cm³/mol. The van der Waals surface area contributed by atoms with E-state index in [9.17, 15) is 9.18 Å². The fourth-order valence-electron chi connectivity index (χ4n) is 1.60. The third kappa shape index (κ3) is 3.69. The molecular weight excluding hydrogens is 221 g/mol. The smallest absolute Gasteiger partial charge is 0.242 e. The normalized spacial score (nSPS) is 10.1. The monoisotopic (exact) mass is 239 g/mol. The van der Waals surface area contributed by atoms with Gasteiger partial charge in [-0.15, -0.1) is 0 Å². The molecule has 1 rings (SSSR count). The molecule has 0 atom stereocenters. The molecule has 0 saturated carbocycles. The Kier molecular flexibility index (Phi) is 4.87. The van der Waals surface area contributed by atoms with Crippen LogP contribution in [0.25, 0.3) is 0 Å². The van der Waals surface area contributed by atoms with Crippen molar-refractivity contribution < 1.29 is 9.18 Å². The highest BCUT2D eigenvalue weighted by molar-refractivity contribution is 5.81. The van der Waals surface area contributed by atoms with Crippen LogP contribution in [0.3, 0.4) is 0 Å². The fraction of sp³-hybridized carbons (Fsp3) is 0.500. The Morgan fingerprint density at radius 1 is 1.41 bits per heavy atom. The molecule has 0 aromatic carbocycles. The number of nitrogens with zero attached hydrogens (tertiary/aromatic N) is 3. The molecule has 0 N–H and O–H groups in total. The van der Waals surface area contributed by atoms with E-state index in [-0.39, 0.29) is 12.5 Å². The zero-order chi connectivity index (χ0) is 12.8. The number of anilines is 1. The highest BCUT2D eigenvalue weighted by Crippen LogP contribution is 2.11. The van der Waals surface area contributed by atoms with Gasteiger partial charge in [-0.3, -0.25) is 4.79 Å². The first-order valence-corrected chi connectivity index (χ1v) is 5.69. The number of hydrogen-bond donors (Lipinski definition) is 0. The molecule has 0 bridgehead atoms. The summed E-state index contributed by atoms with van der Waals surface area (Å²) in [5.74, 6) is -0.501. The first-order valence-electron chi connectivity index (χ1n) is 5.69. The summed E-state index contributed by atoms with van der Waals surface area (Å²) in [6, 6.07) is 2.99. The van der Waals surface area contributed by atoms with Gasteiger partial charge in [0.05, 0.1) is 6.54 Å². The molecule has 4 nitrogen and oxygen atoms in total. The molecular formula is C12H18FN3O. The zero-order valence-corrected chi connectivity index (χ0v) is 10.5. The molecule has 1 aromatic rings. The molecule has 0 radical (unpaired) electrons. The van der Waals surface area contributed by atoms with Crippen LogP contribution in [0, 0.1) is 5.95 Å². The Balaban J connectivity index is 2.66. The lowest BCUT2D eigenvalue weighted by atomic mass is 10.3. The maximum atomic E-state index is 12.9. The van der Waals surface area contributed by atoms with Crippen molar-refractivity contribution in [1.82, 2.24) is 9.88 Å². The minimum atomic E-state index is -0.537. The molecule has 0 aliphatic rings. The van der Waals surface area contributed by atoms with Gasteiger partial charge in [0.25, 0.3) is 0 Å². The van der Waals surface area contributed by atoms with E-state index in [1.54, 1.807) is 22.9 Å². The third-order valence-electron chi connectivity index (χ3n) is 2.64. The third-order valence-corrected chi connectivity index (χ3v) is 2.64. The van der Waals surface area contributed by atoms with Crippen LogP contribution in [-0.4, -0.2) is 42.5 Å². The number of hydrogen-bond acceptors (Lipinski definition) is 3. The number of aromatic nitrogens is 1. The summed E-state index contributed by atoms with van der Waals surface area (Å²) in [5.41, 5.74) is 0.651. The molecule has 94 valence electrons. The minimum Gasteiger partial charge on any atom is -0.365 e. The van der Waals surface area contributed by atoms with E-state index in [0.29, 0.717) is 18.8 Å². The van der Waals surface area contributed by atoms with Crippen molar-refractivity contribution in [3.63, 3.8) is 0 Å². The molecule has 0 saturated heterocycles. The molecule has 0 aliphatic heterocycles. The van der Waals surface area contributed by atoms with Crippen LogP contribution >= 0.6 is 0 Å². The van der Waals surface area contributed by atoms with E-state index in [4.69, 9.17) is 0 Å². The molecule has 0 spiro atoms.